The van der Waals surface area contributed by atoms with Crippen LogP contribution >= 0.6 is 15.9 Å². The van der Waals surface area contributed by atoms with Crippen LogP contribution in [0.4, 0.5) is 5.82 Å². The Balaban J connectivity index is 1.71. The molecule has 1 amide bonds. The van der Waals surface area contributed by atoms with Gasteiger partial charge in [0.1, 0.15) is 5.82 Å². The summed E-state index contributed by atoms with van der Waals surface area (Å²) in [6.45, 7) is 6.38. The minimum atomic E-state index is 0.0789. The van der Waals surface area contributed by atoms with E-state index in [-0.39, 0.29) is 5.91 Å². The van der Waals surface area contributed by atoms with Gasteiger partial charge in [0.2, 0.25) is 0 Å². The van der Waals surface area contributed by atoms with Crippen LogP contribution in [0.15, 0.2) is 16.7 Å². The number of rotatable bonds is 4. The lowest BCUT2D eigenvalue weighted by atomic mass is 10.2. The smallest absolute Gasteiger partial charge is 0.257 e. The number of amides is 1. The second-order valence-electron chi connectivity index (χ2n) is 5.64. The molecule has 1 aliphatic carbocycles. The number of pyridine rings is 1. The molecule has 5 nitrogen and oxygen atoms in total. The van der Waals surface area contributed by atoms with Crippen molar-refractivity contribution >= 4 is 27.7 Å². The van der Waals surface area contributed by atoms with Crippen molar-refractivity contribution in [3.63, 3.8) is 0 Å². The lowest BCUT2D eigenvalue weighted by Crippen LogP contribution is -2.49. The van der Waals surface area contributed by atoms with Crippen molar-refractivity contribution < 1.29 is 4.79 Å². The number of carbonyl (C=O) groups excluding carboxylic acids is 1. The molecule has 1 aromatic heterocycles. The first-order valence-corrected chi connectivity index (χ1v) is 8.41. The molecule has 1 aliphatic heterocycles. The zero-order valence-corrected chi connectivity index (χ0v) is 13.9. The average molecular weight is 353 g/mol. The predicted octanol–water partition coefficient (Wildman–Crippen LogP) is 2.20. The number of nitrogens with one attached hydrogen (secondary N) is 1. The first-order chi connectivity index (χ1) is 10.2. The third kappa shape index (κ3) is 3.37. The van der Waals surface area contributed by atoms with Crippen LogP contribution in [0.1, 0.15) is 30.1 Å². The van der Waals surface area contributed by atoms with Crippen LogP contribution in [0.3, 0.4) is 0 Å². The second-order valence-corrected chi connectivity index (χ2v) is 6.56. The van der Waals surface area contributed by atoms with E-state index in [1.54, 1.807) is 6.20 Å². The van der Waals surface area contributed by atoms with Gasteiger partial charge in [-0.25, -0.2) is 4.98 Å². The fourth-order valence-corrected chi connectivity index (χ4v) is 3.14. The van der Waals surface area contributed by atoms with Crippen molar-refractivity contribution in [3.8, 4) is 0 Å². The Morgan fingerprint density at radius 3 is 2.71 bits per heavy atom. The summed E-state index contributed by atoms with van der Waals surface area (Å²) in [6, 6.07) is 2.65. The van der Waals surface area contributed by atoms with Gasteiger partial charge in [0.25, 0.3) is 5.91 Å². The molecule has 1 saturated heterocycles. The third-order valence-corrected chi connectivity index (χ3v) is 4.53. The fourth-order valence-electron chi connectivity index (χ4n) is 2.81. The standard InChI is InChI=1S/C15H21BrN4O/c1-2-17-14-13(9-11(16)10-18-14)15(21)20-7-5-19(6-8-20)12-3-4-12/h9-10,12H,2-8H2,1H3,(H,17,18). The number of hydrogen-bond acceptors (Lipinski definition) is 4. The molecule has 1 aromatic rings. The molecule has 0 radical (unpaired) electrons. The molecular formula is C15H21BrN4O. The monoisotopic (exact) mass is 352 g/mol. The molecule has 2 fully saturated rings. The largest absolute Gasteiger partial charge is 0.370 e. The average Bonchev–Trinajstić information content (AvgIpc) is 3.33. The molecule has 2 aliphatic rings. The predicted molar refractivity (Wildman–Crippen MR) is 86.6 cm³/mol. The van der Waals surface area contributed by atoms with E-state index in [1.807, 2.05) is 17.9 Å². The van der Waals surface area contributed by atoms with E-state index in [2.05, 4.69) is 31.1 Å². The van der Waals surface area contributed by atoms with Gasteiger partial charge in [0.15, 0.2) is 0 Å². The Morgan fingerprint density at radius 2 is 2.10 bits per heavy atom. The summed E-state index contributed by atoms with van der Waals surface area (Å²) in [5, 5.41) is 3.17. The highest BCUT2D eigenvalue weighted by molar-refractivity contribution is 9.10. The lowest BCUT2D eigenvalue weighted by molar-refractivity contribution is 0.0628. The van der Waals surface area contributed by atoms with Crippen LogP contribution < -0.4 is 5.32 Å². The van der Waals surface area contributed by atoms with Crippen LogP contribution in [0, 0.1) is 0 Å². The number of carbonyl (C=O) groups is 1. The van der Waals surface area contributed by atoms with Crippen LogP contribution in [-0.4, -0.2) is 59.5 Å². The van der Waals surface area contributed by atoms with E-state index in [9.17, 15) is 4.79 Å². The first-order valence-electron chi connectivity index (χ1n) is 7.61. The highest BCUT2D eigenvalue weighted by Gasteiger charge is 2.32. The minimum Gasteiger partial charge on any atom is -0.370 e. The Bertz CT molecular complexity index is 524. The molecule has 1 N–H and O–H groups in total. The summed E-state index contributed by atoms with van der Waals surface area (Å²) in [6.07, 6.45) is 4.38. The van der Waals surface area contributed by atoms with Crippen molar-refractivity contribution in [2.75, 3.05) is 38.0 Å². The van der Waals surface area contributed by atoms with Crippen molar-refractivity contribution in [1.29, 1.82) is 0 Å². The number of nitrogens with zero attached hydrogens (tertiary/aromatic N) is 3. The van der Waals surface area contributed by atoms with Gasteiger partial charge in [-0.05, 0) is 41.8 Å². The molecule has 0 aromatic carbocycles. The molecule has 2 heterocycles. The van der Waals surface area contributed by atoms with E-state index in [1.165, 1.54) is 12.8 Å². The zero-order valence-electron chi connectivity index (χ0n) is 12.3. The number of piperazine rings is 1. The molecule has 0 bridgehead atoms. The minimum absolute atomic E-state index is 0.0789. The summed E-state index contributed by atoms with van der Waals surface area (Å²) >= 11 is 3.41. The van der Waals surface area contributed by atoms with Gasteiger partial charge in [-0.1, -0.05) is 0 Å². The number of halogens is 1. The SMILES string of the molecule is CCNc1ncc(Br)cc1C(=O)N1CCN(C2CC2)CC1. The third-order valence-electron chi connectivity index (χ3n) is 4.09. The molecule has 3 rings (SSSR count). The zero-order chi connectivity index (χ0) is 14.8. The van der Waals surface area contributed by atoms with Gasteiger partial charge in [0.05, 0.1) is 5.56 Å². The van der Waals surface area contributed by atoms with Gasteiger partial charge in [-0.2, -0.15) is 0 Å². The molecule has 0 unspecified atom stereocenters. The van der Waals surface area contributed by atoms with E-state index in [4.69, 9.17) is 0 Å². The molecule has 114 valence electrons. The Labute approximate surface area is 133 Å². The number of aromatic nitrogens is 1. The summed E-state index contributed by atoms with van der Waals surface area (Å²) in [4.78, 5) is 21.5. The van der Waals surface area contributed by atoms with Gasteiger partial charge in [0, 0.05) is 49.4 Å². The highest BCUT2D eigenvalue weighted by Crippen LogP contribution is 2.28. The van der Waals surface area contributed by atoms with Crippen molar-refractivity contribution in [1.82, 2.24) is 14.8 Å². The van der Waals surface area contributed by atoms with Gasteiger partial charge >= 0.3 is 0 Å². The van der Waals surface area contributed by atoms with Crippen molar-refractivity contribution in [2.24, 2.45) is 0 Å². The summed E-state index contributed by atoms with van der Waals surface area (Å²) in [5.41, 5.74) is 0.658. The summed E-state index contributed by atoms with van der Waals surface area (Å²) in [5.74, 6) is 0.755. The van der Waals surface area contributed by atoms with Crippen LogP contribution in [0.2, 0.25) is 0 Å². The molecule has 6 heteroatoms. The van der Waals surface area contributed by atoms with E-state index < -0.39 is 0 Å². The van der Waals surface area contributed by atoms with E-state index in [0.717, 1.165) is 43.2 Å². The first kappa shape index (κ1) is 14.8. The number of hydrogen-bond donors (Lipinski definition) is 1. The van der Waals surface area contributed by atoms with Gasteiger partial charge < -0.3 is 10.2 Å². The van der Waals surface area contributed by atoms with Crippen molar-refractivity contribution in [2.45, 2.75) is 25.8 Å². The Kier molecular flexibility index (Phi) is 4.45. The number of anilines is 1. The quantitative estimate of drug-likeness (QED) is 0.902. The summed E-state index contributed by atoms with van der Waals surface area (Å²) in [7, 11) is 0. The maximum Gasteiger partial charge on any atom is 0.257 e. The maximum atomic E-state index is 12.7. The van der Waals surface area contributed by atoms with Crippen molar-refractivity contribution in [3.05, 3.63) is 22.3 Å². The van der Waals surface area contributed by atoms with Crippen LogP contribution in [-0.2, 0) is 0 Å². The highest BCUT2D eigenvalue weighted by atomic mass is 79.9. The second kappa shape index (κ2) is 6.32. The molecule has 0 atom stereocenters. The maximum absolute atomic E-state index is 12.7. The van der Waals surface area contributed by atoms with E-state index in [0.29, 0.717) is 11.4 Å². The fraction of sp³-hybridized carbons (Fsp3) is 0.600. The molecule has 1 saturated carbocycles. The molecule has 0 spiro atoms. The Hall–Kier alpha value is -1.14. The molecular weight excluding hydrogens is 332 g/mol. The van der Waals surface area contributed by atoms with Crippen LogP contribution in [0.25, 0.3) is 0 Å². The van der Waals surface area contributed by atoms with Gasteiger partial charge in [-0.3, -0.25) is 9.69 Å². The van der Waals surface area contributed by atoms with Crippen LogP contribution in [0.5, 0.6) is 0 Å². The lowest BCUT2D eigenvalue weighted by Gasteiger charge is -2.35. The topological polar surface area (TPSA) is 48.5 Å². The molecule has 21 heavy (non-hydrogen) atoms. The van der Waals surface area contributed by atoms with E-state index >= 15 is 0 Å². The summed E-state index contributed by atoms with van der Waals surface area (Å²) < 4.78 is 0.837. The Morgan fingerprint density at radius 1 is 1.38 bits per heavy atom. The normalized spacial score (nSPS) is 19.6. The van der Waals surface area contributed by atoms with Gasteiger partial charge in [-0.15, -0.1) is 0 Å².